The second-order valence-electron chi connectivity index (χ2n) is 13.2. The van der Waals surface area contributed by atoms with E-state index in [1.165, 1.54) is 29.2 Å². The molecule has 48 heavy (non-hydrogen) atoms. The van der Waals surface area contributed by atoms with Crippen molar-refractivity contribution in [1.82, 2.24) is 19.8 Å². The monoisotopic (exact) mass is 658 g/mol. The fourth-order valence-electron chi connectivity index (χ4n) is 6.84. The van der Waals surface area contributed by atoms with Crippen molar-refractivity contribution in [2.75, 3.05) is 38.2 Å². The first kappa shape index (κ1) is 34.7. The van der Waals surface area contributed by atoms with Crippen LogP contribution in [0, 0.1) is 23.5 Å². The number of hydrogen-bond donors (Lipinski definition) is 0. The summed E-state index contributed by atoms with van der Waals surface area (Å²) in [7, 11) is 1.59. The highest BCUT2D eigenvalue weighted by molar-refractivity contribution is 6.07. The number of piperazine rings is 1. The maximum Gasteiger partial charge on any atom is 0.246 e. The van der Waals surface area contributed by atoms with E-state index in [0.717, 1.165) is 12.0 Å². The van der Waals surface area contributed by atoms with Crippen molar-refractivity contribution in [1.29, 1.82) is 0 Å². The first-order valence-electron chi connectivity index (χ1n) is 16.5. The van der Waals surface area contributed by atoms with E-state index >= 15 is 8.78 Å². The van der Waals surface area contributed by atoms with Gasteiger partial charge in [0.15, 0.2) is 11.6 Å². The van der Waals surface area contributed by atoms with Crippen LogP contribution in [-0.4, -0.2) is 77.3 Å². The fraction of sp³-hybridized carbons (Fsp3) is 0.432. The zero-order valence-corrected chi connectivity index (χ0v) is 28.5. The van der Waals surface area contributed by atoms with Gasteiger partial charge in [-0.25, -0.2) is 13.8 Å². The fourth-order valence-corrected chi connectivity index (χ4v) is 6.84. The van der Waals surface area contributed by atoms with Crippen molar-refractivity contribution in [3.05, 3.63) is 77.6 Å². The highest BCUT2D eigenvalue weighted by Crippen LogP contribution is 2.41. The number of aliphatic imine (C=N–C) groups is 1. The number of hydrogen-bond acceptors (Lipinski definition) is 6. The Morgan fingerprint density at radius 2 is 1.94 bits per heavy atom. The molecular formula is C37H44F2N6O3. The zero-order chi connectivity index (χ0) is 34.7. The molecular weight excluding hydrogens is 614 g/mol. The third kappa shape index (κ3) is 6.81. The van der Waals surface area contributed by atoms with E-state index < -0.39 is 11.6 Å². The molecule has 254 valence electrons. The number of anilines is 2. The highest BCUT2D eigenvalue weighted by Gasteiger charge is 2.34. The minimum Gasteiger partial charge on any atom is -0.492 e. The molecule has 2 bridgehead atoms. The Hall–Kier alpha value is -4.67. The summed E-state index contributed by atoms with van der Waals surface area (Å²) in [4.78, 5) is 44.9. The quantitative estimate of drug-likeness (QED) is 0.130. The van der Waals surface area contributed by atoms with Gasteiger partial charge >= 0.3 is 0 Å². The van der Waals surface area contributed by atoms with Gasteiger partial charge in [0, 0.05) is 38.9 Å². The number of ether oxygens (including phenoxy) is 1. The summed E-state index contributed by atoms with van der Waals surface area (Å²) < 4.78 is 38.5. The number of halogens is 2. The normalized spacial score (nSPS) is 18.5. The van der Waals surface area contributed by atoms with Crippen LogP contribution in [0.5, 0.6) is 5.75 Å². The number of aromatic nitrogens is 2. The Balaban J connectivity index is 1.80. The first-order chi connectivity index (χ1) is 23.0. The summed E-state index contributed by atoms with van der Waals surface area (Å²) in [6, 6.07) is 7.34. The molecule has 9 nitrogen and oxygen atoms in total. The van der Waals surface area contributed by atoms with Gasteiger partial charge in [-0.2, -0.15) is 0 Å². The van der Waals surface area contributed by atoms with Gasteiger partial charge in [-0.15, -0.1) is 0 Å². The number of fused-ring (bicyclic) bond motifs is 5. The van der Waals surface area contributed by atoms with Crippen LogP contribution in [0.15, 0.2) is 54.2 Å². The molecule has 5 rings (SSSR count). The average molecular weight is 659 g/mol. The lowest BCUT2D eigenvalue weighted by Crippen LogP contribution is -2.55. The minimum absolute atomic E-state index is 0.00554. The Morgan fingerprint density at radius 1 is 1.17 bits per heavy atom. The first-order valence-corrected chi connectivity index (χ1v) is 16.5. The van der Waals surface area contributed by atoms with Gasteiger partial charge in [0.1, 0.15) is 23.1 Å². The van der Waals surface area contributed by atoms with Crippen molar-refractivity contribution in [2.24, 2.45) is 16.8 Å². The smallest absolute Gasteiger partial charge is 0.246 e. The molecule has 1 saturated heterocycles. The summed E-state index contributed by atoms with van der Waals surface area (Å²) in [6.45, 7) is 15.2. The van der Waals surface area contributed by atoms with E-state index in [2.05, 4.69) is 25.4 Å². The summed E-state index contributed by atoms with van der Waals surface area (Å²) in [5.41, 5.74) is 1.95. The SMILES string of the molecule is C=CC(=O)N1CCN(C(=NC)c2cc(F)c3nc2N(C=O)c2c(ccnc2C(C)C)CC(CC(C)C)COc2cccc(F)c2-3)C(C)C1. The van der Waals surface area contributed by atoms with Gasteiger partial charge in [0.2, 0.25) is 12.3 Å². The predicted molar refractivity (Wildman–Crippen MR) is 184 cm³/mol. The van der Waals surface area contributed by atoms with Crippen molar-refractivity contribution in [3.63, 3.8) is 0 Å². The molecule has 0 spiro atoms. The molecule has 2 unspecified atom stereocenters. The van der Waals surface area contributed by atoms with Crippen molar-refractivity contribution >= 4 is 29.7 Å². The third-order valence-corrected chi connectivity index (χ3v) is 8.95. The third-order valence-electron chi connectivity index (χ3n) is 8.95. The van der Waals surface area contributed by atoms with Crippen LogP contribution in [0.3, 0.4) is 0 Å². The molecule has 2 aliphatic rings. The topological polar surface area (TPSA) is 91.2 Å². The Morgan fingerprint density at radius 3 is 2.58 bits per heavy atom. The number of amides is 2. The van der Waals surface area contributed by atoms with E-state index in [0.29, 0.717) is 55.6 Å². The Kier molecular flexibility index (Phi) is 10.6. The molecule has 0 aliphatic carbocycles. The van der Waals surface area contributed by atoms with Crippen molar-refractivity contribution < 1.29 is 23.1 Å². The lowest BCUT2D eigenvalue weighted by Gasteiger charge is -2.41. The molecule has 3 aromatic rings. The molecule has 0 saturated carbocycles. The Bertz CT molecular complexity index is 1730. The standard InChI is InChI=1S/C37H44F2N6O3/c1-8-31(47)43-14-15-44(24(6)19-43)36(40-7)27-18-29(39)34-32-28(38)10-9-11-30(32)48-20-25(16-22(2)3)17-26-12-13-41-33(23(4)5)35(26)45(21-46)37(27)42-34/h8-13,18,21-25H,1,14-17,19-20H2,2-7H3. The number of rotatable bonds is 6. The molecule has 0 N–H and O–H groups in total. The maximum absolute atomic E-state index is 16.5. The lowest BCUT2D eigenvalue weighted by molar-refractivity contribution is -0.128. The highest BCUT2D eigenvalue weighted by atomic mass is 19.1. The van der Waals surface area contributed by atoms with Gasteiger partial charge in [-0.3, -0.25) is 24.5 Å². The number of nitrogens with zero attached hydrogens (tertiary/aromatic N) is 6. The molecule has 2 aromatic heterocycles. The predicted octanol–water partition coefficient (Wildman–Crippen LogP) is 6.53. The summed E-state index contributed by atoms with van der Waals surface area (Å²) in [6.07, 6.45) is 5.06. The molecule has 2 amide bonds. The molecule has 11 heteroatoms. The summed E-state index contributed by atoms with van der Waals surface area (Å²) in [5, 5.41) is 0. The van der Waals surface area contributed by atoms with Gasteiger partial charge in [-0.1, -0.05) is 40.3 Å². The minimum atomic E-state index is -0.796. The van der Waals surface area contributed by atoms with E-state index in [1.54, 1.807) is 24.2 Å². The molecule has 2 aliphatic heterocycles. The van der Waals surface area contributed by atoms with Crippen LogP contribution in [0.25, 0.3) is 11.3 Å². The zero-order valence-electron chi connectivity index (χ0n) is 28.5. The van der Waals surface area contributed by atoms with Crippen LogP contribution < -0.4 is 9.64 Å². The van der Waals surface area contributed by atoms with Gasteiger partial charge in [0.05, 0.1) is 29.1 Å². The van der Waals surface area contributed by atoms with Crippen molar-refractivity contribution in [3.8, 4) is 17.0 Å². The molecule has 0 radical (unpaired) electrons. The molecule has 1 aromatic carbocycles. The van der Waals surface area contributed by atoms with Crippen LogP contribution in [0.1, 0.15) is 63.8 Å². The molecule has 4 heterocycles. The number of carbonyl (C=O) groups excluding carboxylic acids is 2. The van der Waals surface area contributed by atoms with E-state index in [9.17, 15) is 9.59 Å². The van der Waals surface area contributed by atoms with E-state index in [-0.39, 0.29) is 58.8 Å². The second kappa shape index (κ2) is 14.6. The van der Waals surface area contributed by atoms with Gasteiger partial charge in [0.25, 0.3) is 0 Å². The summed E-state index contributed by atoms with van der Waals surface area (Å²) >= 11 is 0. The summed E-state index contributed by atoms with van der Waals surface area (Å²) in [5.74, 6) is -0.766. The van der Waals surface area contributed by atoms with Crippen LogP contribution >= 0.6 is 0 Å². The van der Waals surface area contributed by atoms with Crippen molar-refractivity contribution in [2.45, 2.75) is 59.4 Å². The van der Waals surface area contributed by atoms with Gasteiger partial charge < -0.3 is 14.5 Å². The van der Waals surface area contributed by atoms with Gasteiger partial charge in [-0.05, 0) is 73.4 Å². The number of benzene rings is 1. The molecule has 1 fully saturated rings. The average Bonchev–Trinajstić information content (AvgIpc) is 3.05. The van der Waals surface area contributed by atoms with Crippen LogP contribution in [0.2, 0.25) is 0 Å². The Labute approximate surface area is 281 Å². The lowest BCUT2D eigenvalue weighted by atomic mass is 9.89. The number of carbonyl (C=O) groups is 2. The van der Waals surface area contributed by atoms with Crippen LogP contribution in [-0.2, 0) is 16.0 Å². The second-order valence-corrected chi connectivity index (χ2v) is 13.2. The maximum atomic E-state index is 16.5. The van der Waals surface area contributed by atoms with E-state index in [1.807, 2.05) is 31.7 Å². The number of amidine groups is 1. The number of pyridine rings is 2. The van der Waals surface area contributed by atoms with Crippen LogP contribution in [0.4, 0.5) is 20.3 Å². The van der Waals surface area contributed by atoms with E-state index in [4.69, 9.17) is 14.7 Å². The molecule has 2 atom stereocenters. The largest absolute Gasteiger partial charge is 0.492 e.